The van der Waals surface area contributed by atoms with Crippen LogP contribution in [0, 0.1) is 5.82 Å². The number of hydrogen-bond acceptors (Lipinski definition) is 2. The summed E-state index contributed by atoms with van der Waals surface area (Å²) in [5.41, 5.74) is 0.408. The lowest BCUT2D eigenvalue weighted by atomic mass is 10.2. The summed E-state index contributed by atoms with van der Waals surface area (Å²) >= 11 is 10.2. The summed E-state index contributed by atoms with van der Waals surface area (Å²) in [7, 11) is 0. The molecule has 0 fully saturated rings. The Morgan fingerprint density at radius 2 is 2.17 bits per heavy atom. The summed E-state index contributed by atoms with van der Waals surface area (Å²) in [5, 5.41) is 2.74. The van der Waals surface area contributed by atoms with Crippen LogP contribution in [-0.2, 0) is 6.54 Å². The summed E-state index contributed by atoms with van der Waals surface area (Å²) < 4.78 is 14.0. The molecule has 0 saturated carbocycles. The largest absolute Gasteiger partial charge is 0.347 e. The second-order valence-electron chi connectivity index (χ2n) is 3.52. The van der Waals surface area contributed by atoms with Gasteiger partial charge in [-0.15, -0.1) is 11.3 Å². The maximum Gasteiger partial charge on any atom is 0.251 e. The van der Waals surface area contributed by atoms with Crippen LogP contribution in [0.15, 0.2) is 34.8 Å². The molecule has 0 saturated heterocycles. The fraction of sp³-hybridized carbons (Fsp3) is 0.0833. The Labute approximate surface area is 121 Å². The van der Waals surface area contributed by atoms with Gasteiger partial charge in [0.15, 0.2) is 0 Å². The Morgan fingerprint density at radius 1 is 1.39 bits per heavy atom. The fourth-order valence-electron chi connectivity index (χ4n) is 1.35. The smallest absolute Gasteiger partial charge is 0.251 e. The van der Waals surface area contributed by atoms with Crippen LogP contribution >= 0.6 is 38.9 Å². The molecule has 0 aliphatic heterocycles. The average molecular weight is 349 g/mol. The molecule has 1 N–H and O–H groups in total. The molecule has 6 heteroatoms. The second-order valence-corrected chi connectivity index (χ2v) is 6.17. The zero-order chi connectivity index (χ0) is 13.1. The quantitative estimate of drug-likeness (QED) is 0.883. The van der Waals surface area contributed by atoms with Gasteiger partial charge in [-0.2, -0.15) is 0 Å². The highest BCUT2D eigenvalue weighted by molar-refractivity contribution is 9.10. The minimum absolute atomic E-state index is 0.250. The zero-order valence-electron chi connectivity index (χ0n) is 9.04. The van der Waals surface area contributed by atoms with E-state index in [0.29, 0.717) is 16.4 Å². The lowest BCUT2D eigenvalue weighted by Gasteiger charge is -2.04. The first-order valence-corrected chi connectivity index (χ1v) is 7.02. The van der Waals surface area contributed by atoms with Crippen LogP contribution < -0.4 is 5.32 Å². The van der Waals surface area contributed by atoms with E-state index in [2.05, 4.69) is 21.2 Å². The van der Waals surface area contributed by atoms with Crippen molar-refractivity contribution in [3.05, 3.63) is 55.4 Å². The van der Waals surface area contributed by atoms with E-state index in [-0.39, 0.29) is 10.4 Å². The van der Waals surface area contributed by atoms with Crippen molar-refractivity contribution in [2.75, 3.05) is 0 Å². The summed E-state index contributed by atoms with van der Waals surface area (Å²) in [6.07, 6.45) is 0. The summed E-state index contributed by atoms with van der Waals surface area (Å²) in [5.74, 6) is -0.642. The highest BCUT2D eigenvalue weighted by atomic mass is 79.9. The molecular formula is C12H8BrClFNOS. The molecule has 0 spiro atoms. The molecule has 2 rings (SSSR count). The topological polar surface area (TPSA) is 29.1 Å². The van der Waals surface area contributed by atoms with Crippen molar-refractivity contribution in [1.29, 1.82) is 0 Å². The molecule has 1 aromatic carbocycles. The van der Waals surface area contributed by atoms with E-state index in [1.807, 2.05) is 6.07 Å². The lowest BCUT2D eigenvalue weighted by Crippen LogP contribution is -2.22. The Bertz CT molecular complexity index is 587. The number of halogens is 3. The van der Waals surface area contributed by atoms with Gasteiger partial charge in [-0.05, 0) is 46.3 Å². The number of amides is 1. The number of rotatable bonds is 3. The Kier molecular flexibility index (Phi) is 4.37. The van der Waals surface area contributed by atoms with Crippen molar-refractivity contribution in [1.82, 2.24) is 5.32 Å². The molecular weight excluding hydrogens is 341 g/mol. The molecule has 1 heterocycles. The molecule has 0 atom stereocenters. The number of nitrogens with one attached hydrogen (secondary N) is 1. The van der Waals surface area contributed by atoms with Crippen LogP contribution in [0.5, 0.6) is 0 Å². The van der Waals surface area contributed by atoms with Crippen molar-refractivity contribution in [3.63, 3.8) is 0 Å². The maximum absolute atomic E-state index is 13.0. The SMILES string of the molecule is O=C(NCc1ccc(Cl)s1)c1ccc(F)c(Br)c1. The van der Waals surface area contributed by atoms with Gasteiger partial charge in [0, 0.05) is 10.4 Å². The molecule has 1 amide bonds. The number of benzene rings is 1. The van der Waals surface area contributed by atoms with E-state index in [1.165, 1.54) is 29.5 Å². The molecule has 18 heavy (non-hydrogen) atoms. The van der Waals surface area contributed by atoms with Crippen molar-refractivity contribution >= 4 is 44.8 Å². The Hall–Kier alpha value is -0.910. The van der Waals surface area contributed by atoms with E-state index >= 15 is 0 Å². The van der Waals surface area contributed by atoms with Gasteiger partial charge in [-0.3, -0.25) is 4.79 Å². The van der Waals surface area contributed by atoms with E-state index in [0.717, 1.165) is 4.88 Å². The number of carbonyl (C=O) groups excluding carboxylic acids is 1. The van der Waals surface area contributed by atoms with Crippen molar-refractivity contribution in [2.45, 2.75) is 6.54 Å². The van der Waals surface area contributed by atoms with Gasteiger partial charge in [0.2, 0.25) is 0 Å². The van der Waals surface area contributed by atoms with Crippen LogP contribution in [0.3, 0.4) is 0 Å². The molecule has 0 radical (unpaired) electrons. The molecule has 2 nitrogen and oxygen atoms in total. The fourth-order valence-corrected chi connectivity index (χ4v) is 2.76. The predicted molar refractivity (Wildman–Crippen MR) is 74.6 cm³/mol. The van der Waals surface area contributed by atoms with Gasteiger partial charge in [-0.25, -0.2) is 4.39 Å². The van der Waals surface area contributed by atoms with E-state index in [1.54, 1.807) is 6.07 Å². The summed E-state index contributed by atoms with van der Waals surface area (Å²) in [6, 6.07) is 7.78. The minimum Gasteiger partial charge on any atom is -0.347 e. The number of hydrogen-bond donors (Lipinski definition) is 1. The van der Waals surface area contributed by atoms with Crippen LogP contribution in [0.25, 0.3) is 0 Å². The Morgan fingerprint density at radius 3 is 2.78 bits per heavy atom. The standard InChI is InChI=1S/C12H8BrClFNOS/c13-9-5-7(1-3-10(9)15)12(17)16-6-8-2-4-11(14)18-8/h1-5H,6H2,(H,16,17). The van der Waals surface area contributed by atoms with Gasteiger partial charge in [0.25, 0.3) is 5.91 Å². The highest BCUT2D eigenvalue weighted by Crippen LogP contribution is 2.21. The molecule has 0 aliphatic rings. The van der Waals surface area contributed by atoms with Gasteiger partial charge in [0.05, 0.1) is 15.4 Å². The summed E-state index contributed by atoms with van der Waals surface area (Å²) in [4.78, 5) is 12.8. The normalized spacial score (nSPS) is 10.4. The molecule has 0 unspecified atom stereocenters. The zero-order valence-corrected chi connectivity index (χ0v) is 12.2. The maximum atomic E-state index is 13.0. The average Bonchev–Trinajstić information content (AvgIpc) is 2.75. The van der Waals surface area contributed by atoms with Crippen LogP contribution in [0.1, 0.15) is 15.2 Å². The second kappa shape index (κ2) is 5.82. The number of carbonyl (C=O) groups is 1. The number of thiophene rings is 1. The van der Waals surface area contributed by atoms with Gasteiger partial charge < -0.3 is 5.32 Å². The third-order valence-electron chi connectivity index (χ3n) is 2.23. The molecule has 0 aliphatic carbocycles. The first kappa shape index (κ1) is 13.5. The first-order chi connectivity index (χ1) is 8.56. The monoisotopic (exact) mass is 347 g/mol. The van der Waals surface area contributed by atoms with E-state index in [4.69, 9.17) is 11.6 Å². The third-order valence-corrected chi connectivity index (χ3v) is 4.07. The van der Waals surface area contributed by atoms with Crippen molar-refractivity contribution in [3.8, 4) is 0 Å². The predicted octanol–water partition coefficient (Wildman–Crippen LogP) is 4.23. The van der Waals surface area contributed by atoms with Crippen LogP contribution in [0.4, 0.5) is 4.39 Å². The van der Waals surface area contributed by atoms with Gasteiger partial charge in [-0.1, -0.05) is 11.6 Å². The van der Waals surface area contributed by atoms with E-state index in [9.17, 15) is 9.18 Å². The van der Waals surface area contributed by atoms with Crippen molar-refractivity contribution in [2.24, 2.45) is 0 Å². The highest BCUT2D eigenvalue weighted by Gasteiger charge is 2.08. The van der Waals surface area contributed by atoms with E-state index < -0.39 is 5.82 Å². The lowest BCUT2D eigenvalue weighted by molar-refractivity contribution is 0.0951. The van der Waals surface area contributed by atoms with Crippen molar-refractivity contribution < 1.29 is 9.18 Å². The Balaban J connectivity index is 2.01. The van der Waals surface area contributed by atoms with Crippen LogP contribution in [0.2, 0.25) is 4.34 Å². The summed E-state index contributed by atoms with van der Waals surface area (Å²) in [6.45, 7) is 0.408. The molecule has 1 aromatic heterocycles. The van der Waals surface area contributed by atoms with Gasteiger partial charge in [0.1, 0.15) is 5.82 Å². The first-order valence-electron chi connectivity index (χ1n) is 5.04. The van der Waals surface area contributed by atoms with Gasteiger partial charge >= 0.3 is 0 Å². The molecule has 2 aromatic rings. The van der Waals surface area contributed by atoms with Crippen LogP contribution in [-0.4, -0.2) is 5.91 Å². The molecule has 94 valence electrons. The minimum atomic E-state index is -0.392. The third kappa shape index (κ3) is 3.31. The molecule has 0 bridgehead atoms.